The van der Waals surface area contributed by atoms with Gasteiger partial charge >= 0.3 is 6.36 Å². The van der Waals surface area contributed by atoms with Crippen LogP contribution in [0.5, 0.6) is 11.5 Å². The van der Waals surface area contributed by atoms with E-state index in [1.807, 2.05) is 0 Å². The van der Waals surface area contributed by atoms with Crippen LogP contribution < -0.4 is 26.7 Å². The maximum absolute atomic E-state index is 12.3. The molecular formula is C20H20F3N3O4. The fourth-order valence-electron chi connectivity index (χ4n) is 3.49. The van der Waals surface area contributed by atoms with Crippen molar-refractivity contribution >= 4 is 11.8 Å². The van der Waals surface area contributed by atoms with Crippen LogP contribution in [0.25, 0.3) is 0 Å². The van der Waals surface area contributed by atoms with Gasteiger partial charge in [-0.1, -0.05) is 24.3 Å². The zero-order valence-corrected chi connectivity index (χ0v) is 15.7. The number of benzene rings is 2. The van der Waals surface area contributed by atoms with Crippen molar-refractivity contribution in [3.63, 3.8) is 0 Å². The summed E-state index contributed by atoms with van der Waals surface area (Å²) in [5.41, 5.74) is 18.5. The van der Waals surface area contributed by atoms with E-state index in [1.54, 1.807) is 12.1 Å². The van der Waals surface area contributed by atoms with Crippen molar-refractivity contribution in [2.24, 2.45) is 23.1 Å². The molecule has 2 aromatic rings. The first-order valence-corrected chi connectivity index (χ1v) is 9.04. The van der Waals surface area contributed by atoms with Crippen LogP contribution in [0.4, 0.5) is 13.2 Å². The van der Waals surface area contributed by atoms with Gasteiger partial charge in [-0.2, -0.15) is 0 Å². The van der Waals surface area contributed by atoms with Crippen LogP contribution >= 0.6 is 0 Å². The zero-order chi connectivity index (χ0) is 22.1. The van der Waals surface area contributed by atoms with Crippen LogP contribution in [0.3, 0.4) is 0 Å². The van der Waals surface area contributed by atoms with E-state index < -0.39 is 36.2 Å². The second-order valence-electron chi connectivity index (χ2n) is 6.99. The summed E-state index contributed by atoms with van der Waals surface area (Å²) in [6, 6.07) is 9.44. The lowest BCUT2D eigenvalue weighted by atomic mass is 9.85. The van der Waals surface area contributed by atoms with Gasteiger partial charge in [-0.25, -0.2) is 0 Å². The molecule has 10 heteroatoms. The van der Waals surface area contributed by atoms with Crippen molar-refractivity contribution in [2.75, 3.05) is 0 Å². The predicted octanol–water partition coefficient (Wildman–Crippen LogP) is 2.18. The summed E-state index contributed by atoms with van der Waals surface area (Å²) < 4.78 is 46.7. The topological polar surface area (TPSA) is 131 Å². The van der Waals surface area contributed by atoms with E-state index in [4.69, 9.17) is 21.9 Å². The van der Waals surface area contributed by atoms with E-state index in [0.717, 1.165) is 12.1 Å². The third-order valence-corrected chi connectivity index (χ3v) is 4.89. The first-order valence-electron chi connectivity index (χ1n) is 9.04. The molecule has 2 aromatic carbocycles. The van der Waals surface area contributed by atoms with Crippen LogP contribution in [0.1, 0.15) is 33.9 Å². The van der Waals surface area contributed by atoms with E-state index in [-0.39, 0.29) is 29.9 Å². The van der Waals surface area contributed by atoms with Gasteiger partial charge in [-0.15, -0.1) is 13.2 Å². The van der Waals surface area contributed by atoms with Crippen molar-refractivity contribution < 1.29 is 32.2 Å². The molecule has 0 fully saturated rings. The average molecular weight is 423 g/mol. The molecule has 1 heterocycles. The number of amides is 2. The van der Waals surface area contributed by atoms with Crippen molar-refractivity contribution in [2.45, 2.75) is 31.3 Å². The molecule has 0 spiro atoms. The summed E-state index contributed by atoms with van der Waals surface area (Å²) in [5.74, 6) is -2.36. The molecule has 2 amide bonds. The lowest BCUT2D eigenvalue weighted by Crippen LogP contribution is -2.43. The van der Waals surface area contributed by atoms with Gasteiger partial charge in [-0.3, -0.25) is 9.59 Å². The SMILES string of the molecule is NC(=O)c1cccc2c1OC([C@H](Cc1ccc(OC(F)(F)F)cc1)C(N)=O)CC2N. The number of primary amides is 2. The van der Waals surface area contributed by atoms with Crippen LogP contribution in [0.2, 0.25) is 0 Å². The Balaban J connectivity index is 1.82. The number of fused-ring (bicyclic) bond motifs is 1. The molecule has 0 saturated carbocycles. The van der Waals surface area contributed by atoms with Crippen molar-refractivity contribution in [1.29, 1.82) is 0 Å². The number of alkyl halides is 3. The normalized spacial score (nSPS) is 19.3. The molecule has 0 aromatic heterocycles. The van der Waals surface area contributed by atoms with Gasteiger partial charge in [0.1, 0.15) is 17.6 Å². The highest BCUT2D eigenvalue weighted by Gasteiger charge is 2.36. The Morgan fingerprint density at radius 3 is 2.37 bits per heavy atom. The van der Waals surface area contributed by atoms with Crippen molar-refractivity contribution in [3.05, 3.63) is 59.2 Å². The molecule has 160 valence electrons. The molecule has 6 N–H and O–H groups in total. The standard InChI is InChI=1S/C20H20F3N3O4/c21-20(22,23)30-11-6-4-10(5-7-11)8-14(19(26)28)16-9-15(24)12-2-1-3-13(18(25)27)17(12)29-16/h1-7,14-16H,8-9,24H2,(H2,25,27)(H2,26,28)/t14-,15?,16?/m0/s1. The molecule has 1 aliphatic rings. The van der Waals surface area contributed by atoms with Gasteiger partial charge in [-0.05, 0) is 30.2 Å². The van der Waals surface area contributed by atoms with Gasteiger partial charge in [0.2, 0.25) is 5.91 Å². The zero-order valence-electron chi connectivity index (χ0n) is 15.7. The third-order valence-electron chi connectivity index (χ3n) is 4.89. The minimum atomic E-state index is -4.80. The van der Waals surface area contributed by atoms with E-state index in [1.165, 1.54) is 18.2 Å². The summed E-state index contributed by atoms with van der Waals surface area (Å²) in [5, 5.41) is 0. The summed E-state index contributed by atoms with van der Waals surface area (Å²) in [6.07, 6.45) is -5.17. The van der Waals surface area contributed by atoms with Crippen molar-refractivity contribution in [1.82, 2.24) is 0 Å². The lowest BCUT2D eigenvalue weighted by molar-refractivity contribution is -0.274. The molecule has 3 rings (SSSR count). The summed E-state index contributed by atoms with van der Waals surface area (Å²) >= 11 is 0. The first kappa shape index (κ1) is 21.4. The Bertz CT molecular complexity index is 947. The number of ether oxygens (including phenoxy) is 2. The van der Waals surface area contributed by atoms with E-state index in [2.05, 4.69) is 4.74 Å². The largest absolute Gasteiger partial charge is 0.573 e. The van der Waals surface area contributed by atoms with Crippen molar-refractivity contribution in [3.8, 4) is 11.5 Å². The Labute approximate surface area is 169 Å². The highest BCUT2D eigenvalue weighted by molar-refractivity contribution is 5.96. The number of carbonyl (C=O) groups excluding carboxylic acids is 2. The van der Waals surface area contributed by atoms with Crippen LogP contribution in [0, 0.1) is 5.92 Å². The highest BCUT2D eigenvalue weighted by Crippen LogP contribution is 2.38. The fraction of sp³-hybridized carbons (Fsp3) is 0.300. The van der Waals surface area contributed by atoms with E-state index in [9.17, 15) is 22.8 Å². The first-order chi connectivity index (χ1) is 14.0. The third kappa shape index (κ3) is 4.82. The summed E-state index contributed by atoms with van der Waals surface area (Å²) in [4.78, 5) is 23.9. The fourth-order valence-corrected chi connectivity index (χ4v) is 3.49. The molecule has 0 bridgehead atoms. The van der Waals surface area contributed by atoms with E-state index >= 15 is 0 Å². The maximum atomic E-state index is 12.3. The summed E-state index contributed by atoms with van der Waals surface area (Å²) in [7, 11) is 0. The molecular weight excluding hydrogens is 403 g/mol. The Hall–Kier alpha value is -3.27. The van der Waals surface area contributed by atoms with Crippen LogP contribution in [0.15, 0.2) is 42.5 Å². The number of hydrogen-bond acceptors (Lipinski definition) is 5. The molecule has 0 saturated heterocycles. The number of rotatable bonds is 6. The monoisotopic (exact) mass is 423 g/mol. The molecule has 2 unspecified atom stereocenters. The minimum absolute atomic E-state index is 0.104. The molecule has 0 radical (unpaired) electrons. The second kappa shape index (κ2) is 8.23. The predicted molar refractivity (Wildman–Crippen MR) is 100 cm³/mol. The number of nitrogens with two attached hydrogens (primary N) is 3. The molecule has 3 atom stereocenters. The van der Waals surface area contributed by atoms with Gasteiger partial charge < -0.3 is 26.7 Å². The number of hydrogen-bond donors (Lipinski definition) is 3. The maximum Gasteiger partial charge on any atom is 0.573 e. The summed E-state index contributed by atoms with van der Waals surface area (Å²) in [6.45, 7) is 0. The van der Waals surface area contributed by atoms with Gasteiger partial charge in [0.05, 0.1) is 11.5 Å². The van der Waals surface area contributed by atoms with Gasteiger partial charge in [0, 0.05) is 18.0 Å². The highest BCUT2D eigenvalue weighted by atomic mass is 19.4. The number of para-hydroxylation sites is 1. The number of carbonyl (C=O) groups is 2. The lowest BCUT2D eigenvalue weighted by Gasteiger charge is -2.34. The van der Waals surface area contributed by atoms with Gasteiger partial charge in [0.15, 0.2) is 0 Å². The Kier molecular flexibility index (Phi) is 5.88. The molecule has 7 nitrogen and oxygen atoms in total. The smallest absolute Gasteiger partial charge is 0.488 e. The van der Waals surface area contributed by atoms with Crippen LogP contribution in [-0.4, -0.2) is 24.3 Å². The average Bonchev–Trinajstić information content (AvgIpc) is 2.65. The van der Waals surface area contributed by atoms with E-state index in [0.29, 0.717) is 11.1 Å². The molecule has 0 aliphatic carbocycles. The van der Waals surface area contributed by atoms with Gasteiger partial charge in [0.25, 0.3) is 5.91 Å². The Morgan fingerprint density at radius 1 is 1.13 bits per heavy atom. The minimum Gasteiger partial charge on any atom is -0.488 e. The second-order valence-corrected chi connectivity index (χ2v) is 6.99. The van der Waals surface area contributed by atoms with Crippen LogP contribution in [-0.2, 0) is 11.2 Å². The Morgan fingerprint density at radius 2 is 1.80 bits per heavy atom. The molecule has 1 aliphatic heterocycles. The number of halogens is 3. The molecule has 30 heavy (non-hydrogen) atoms. The quantitative estimate of drug-likeness (QED) is 0.656.